The quantitative estimate of drug-likeness (QED) is 0.426. The number of hydrogen-bond donors (Lipinski definition) is 2. The van der Waals surface area contributed by atoms with Gasteiger partial charge in [-0.25, -0.2) is 0 Å². The lowest BCUT2D eigenvalue weighted by molar-refractivity contribution is -0.135. The molecule has 4 nitrogen and oxygen atoms in total. The Kier molecular flexibility index (Phi) is 2.68. The van der Waals surface area contributed by atoms with Gasteiger partial charge in [0.05, 0.1) is 0 Å². The Bertz CT molecular complexity index is 99.1. The van der Waals surface area contributed by atoms with Gasteiger partial charge in [0.2, 0.25) is 7.85 Å². The fourth-order valence-electron chi connectivity index (χ4n) is 0.200. The van der Waals surface area contributed by atoms with Crippen LogP contribution in [-0.4, -0.2) is 31.3 Å². The van der Waals surface area contributed by atoms with E-state index < -0.39 is 5.97 Å². The third-order valence-corrected chi connectivity index (χ3v) is 0.489. The van der Waals surface area contributed by atoms with Crippen molar-refractivity contribution in [2.75, 3.05) is 6.54 Å². The average Bonchev–Trinajstić information content (AvgIpc) is 1.61. The van der Waals surface area contributed by atoms with Gasteiger partial charge in [0.25, 0.3) is 0 Å². The van der Waals surface area contributed by atoms with Gasteiger partial charge in [0.1, 0.15) is 6.54 Å². The first-order valence-electron chi connectivity index (χ1n) is 2.09. The number of hydrogen-bond acceptors (Lipinski definition) is 2. The Morgan fingerprint density at radius 2 is 2.12 bits per heavy atom. The van der Waals surface area contributed by atoms with Crippen LogP contribution in [0.1, 0.15) is 0 Å². The van der Waals surface area contributed by atoms with E-state index in [1.165, 1.54) is 7.85 Å². The number of carboxylic acid groups (broad SMARTS) is 1. The van der Waals surface area contributed by atoms with Crippen molar-refractivity contribution < 1.29 is 14.7 Å². The van der Waals surface area contributed by atoms with Crippen LogP contribution >= 0.6 is 0 Å². The maximum absolute atomic E-state index is 9.97. The molecular weight excluding hydrogens is 109 g/mol. The van der Waals surface area contributed by atoms with Crippen LogP contribution in [0.4, 0.5) is 4.79 Å². The van der Waals surface area contributed by atoms with E-state index in [1.54, 1.807) is 0 Å². The lowest BCUT2D eigenvalue weighted by Crippen LogP contribution is -2.27. The molecule has 1 amide bonds. The zero-order chi connectivity index (χ0) is 6.57. The van der Waals surface area contributed by atoms with E-state index in [-0.39, 0.29) is 12.4 Å². The summed E-state index contributed by atoms with van der Waals surface area (Å²) in [4.78, 5) is 19.7. The van der Waals surface area contributed by atoms with Crippen molar-refractivity contribution in [1.29, 1.82) is 0 Å². The molecule has 0 atom stereocenters. The smallest absolute Gasteiger partial charge is 0.322 e. The summed E-state index contributed by atoms with van der Waals surface area (Å²) < 4.78 is 0. The summed E-state index contributed by atoms with van der Waals surface area (Å²) in [5.41, 5.74) is 0. The third kappa shape index (κ3) is 5.00. The highest BCUT2D eigenvalue weighted by Crippen LogP contribution is 1.59. The molecule has 2 N–H and O–H groups in total. The number of rotatable bonds is 2. The molecule has 0 aliphatic rings. The van der Waals surface area contributed by atoms with Gasteiger partial charge in [0, 0.05) is 0 Å². The molecule has 0 saturated heterocycles. The first-order valence-corrected chi connectivity index (χ1v) is 2.09. The summed E-state index contributed by atoms with van der Waals surface area (Å²) in [6, 6.07) is 0. The van der Waals surface area contributed by atoms with Gasteiger partial charge < -0.3 is 10.4 Å². The Labute approximate surface area is 47.3 Å². The molecule has 0 aromatic heterocycles. The van der Waals surface area contributed by atoms with Crippen LogP contribution in [0.5, 0.6) is 0 Å². The second kappa shape index (κ2) is 3.07. The van der Waals surface area contributed by atoms with Gasteiger partial charge in [-0.3, -0.25) is 9.59 Å². The maximum atomic E-state index is 9.97. The lowest BCUT2D eigenvalue weighted by atomic mass is 10.1. The molecule has 8 heavy (non-hydrogen) atoms. The minimum atomic E-state index is -1.03. The summed E-state index contributed by atoms with van der Waals surface area (Å²) >= 11 is 0. The number of nitrogens with one attached hydrogen (secondary N) is 1. The third-order valence-electron chi connectivity index (χ3n) is 0.489. The molecule has 0 heterocycles. The molecule has 44 valence electrons. The second-order valence-corrected chi connectivity index (χ2v) is 1.30. The summed E-state index contributed by atoms with van der Waals surface area (Å²) in [6.45, 7) is -0.296. The minimum Gasteiger partial charge on any atom is -0.480 e. The largest absolute Gasteiger partial charge is 0.480 e. The average molecular weight is 115 g/mol. The van der Waals surface area contributed by atoms with E-state index in [2.05, 4.69) is 5.32 Å². The zero-order valence-electron chi connectivity index (χ0n) is 4.47. The van der Waals surface area contributed by atoms with Gasteiger partial charge in [-0.2, -0.15) is 0 Å². The molecule has 0 fully saturated rings. The first kappa shape index (κ1) is 7.00. The van der Waals surface area contributed by atoms with E-state index in [4.69, 9.17) is 5.11 Å². The summed E-state index contributed by atoms with van der Waals surface area (Å²) in [5, 5.41) is 10.1. The fraction of sp³-hybridized carbons (Fsp3) is 0.333. The molecule has 0 aromatic rings. The van der Waals surface area contributed by atoms with Crippen molar-refractivity contribution in [2.45, 2.75) is 0 Å². The summed E-state index contributed by atoms with van der Waals surface area (Å²) in [7, 11) is 1.27. The number of carbonyl (C=O) groups is 2. The highest BCUT2D eigenvalue weighted by Gasteiger charge is 1.94. The first-order chi connectivity index (χ1) is 3.63. The number of amides is 1. The predicted molar refractivity (Wildman–Crippen MR) is 29.6 cm³/mol. The Morgan fingerprint density at radius 1 is 1.62 bits per heavy atom. The zero-order valence-corrected chi connectivity index (χ0v) is 4.47. The van der Waals surface area contributed by atoms with Crippen molar-refractivity contribution in [1.82, 2.24) is 5.32 Å². The summed E-state index contributed by atoms with van der Waals surface area (Å²) in [6.07, 6.45) is 0. The van der Waals surface area contributed by atoms with E-state index in [1.807, 2.05) is 0 Å². The topological polar surface area (TPSA) is 66.4 Å². The van der Waals surface area contributed by atoms with Crippen molar-refractivity contribution in [2.24, 2.45) is 0 Å². The van der Waals surface area contributed by atoms with E-state index >= 15 is 0 Å². The van der Waals surface area contributed by atoms with Gasteiger partial charge >= 0.3 is 5.97 Å². The van der Waals surface area contributed by atoms with E-state index in [9.17, 15) is 9.59 Å². The highest BCUT2D eigenvalue weighted by atomic mass is 16.4. The van der Waals surface area contributed by atoms with Crippen LogP contribution in [0.15, 0.2) is 0 Å². The van der Waals surface area contributed by atoms with Gasteiger partial charge in [-0.1, -0.05) is 0 Å². The van der Waals surface area contributed by atoms with Crippen LogP contribution in [0.2, 0.25) is 0 Å². The van der Waals surface area contributed by atoms with Crippen LogP contribution in [-0.2, 0) is 4.79 Å². The molecule has 0 aliphatic carbocycles. The molecule has 5 heteroatoms. The van der Waals surface area contributed by atoms with Crippen molar-refractivity contribution >= 4 is 19.6 Å². The van der Waals surface area contributed by atoms with E-state index in [0.29, 0.717) is 0 Å². The highest BCUT2D eigenvalue weighted by molar-refractivity contribution is 6.57. The van der Waals surface area contributed by atoms with Crippen molar-refractivity contribution in [3.63, 3.8) is 0 Å². The molecule has 0 aromatic carbocycles. The molecule has 0 unspecified atom stereocenters. The fourth-order valence-corrected chi connectivity index (χ4v) is 0.200. The van der Waals surface area contributed by atoms with Gasteiger partial charge in [-0.05, 0) is 0 Å². The molecular formula is C3H6BNO3. The number of carbonyl (C=O) groups excluding carboxylic acids is 1. The molecule has 0 aliphatic heterocycles. The second-order valence-electron chi connectivity index (χ2n) is 1.30. The predicted octanol–water partition coefficient (Wildman–Crippen LogP) is -1.59. The van der Waals surface area contributed by atoms with Gasteiger partial charge in [0.15, 0.2) is 5.81 Å². The van der Waals surface area contributed by atoms with Gasteiger partial charge in [-0.15, -0.1) is 0 Å². The monoisotopic (exact) mass is 115 g/mol. The SMILES string of the molecule is BC(=O)NCC(=O)O. The van der Waals surface area contributed by atoms with Crippen LogP contribution < -0.4 is 5.32 Å². The Balaban J connectivity index is 3.18. The Hall–Kier alpha value is -0.995. The van der Waals surface area contributed by atoms with Crippen molar-refractivity contribution in [3.8, 4) is 0 Å². The Morgan fingerprint density at radius 3 is 2.25 bits per heavy atom. The van der Waals surface area contributed by atoms with Crippen molar-refractivity contribution in [3.05, 3.63) is 0 Å². The lowest BCUT2D eigenvalue weighted by Gasteiger charge is -1.92. The van der Waals surface area contributed by atoms with E-state index in [0.717, 1.165) is 0 Å². The maximum Gasteiger partial charge on any atom is 0.322 e. The van der Waals surface area contributed by atoms with Crippen LogP contribution in [0.25, 0.3) is 0 Å². The van der Waals surface area contributed by atoms with Crippen LogP contribution in [0.3, 0.4) is 0 Å². The number of aliphatic carboxylic acids is 1. The molecule has 0 radical (unpaired) electrons. The molecule has 0 spiro atoms. The molecule has 0 rings (SSSR count). The number of carboxylic acids is 1. The molecule has 0 saturated carbocycles. The minimum absolute atomic E-state index is 0.296. The standard InChI is InChI=1S/C3H6BNO3/c4-3(8)5-1-2(6)7/h1,4H2,(H,5,8)(H,6,7). The molecule has 0 bridgehead atoms. The normalized spacial score (nSPS) is 8.00. The van der Waals surface area contributed by atoms with Crippen LogP contribution in [0, 0.1) is 0 Å². The summed E-state index contributed by atoms with van der Waals surface area (Å²) in [5.74, 6) is -1.35.